The lowest BCUT2D eigenvalue weighted by Gasteiger charge is -2.10. The van der Waals surface area contributed by atoms with Crippen molar-refractivity contribution < 1.29 is 12.7 Å². The van der Waals surface area contributed by atoms with Crippen molar-refractivity contribution in [3.63, 3.8) is 0 Å². The molecule has 0 bridgehead atoms. The van der Waals surface area contributed by atoms with Crippen molar-refractivity contribution in [3.8, 4) is 0 Å². The van der Waals surface area contributed by atoms with Crippen molar-refractivity contribution in [1.29, 1.82) is 0 Å². The molecule has 0 aliphatic heterocycles. The van der Waals surface area contributed by atoms with Crippen LogP contribution in [0.1, 0.15) is 36.3 Å². The largest absolute Gasteiger partial charge is 0.354 e. The Bertz CT molecular complexity index is 1440. The molecule has 0 spiro atoms. The molecule has 0 radical (unpaired) electrons. The summed E-state index contributed by atoms with van der Waals surface area (Å²) < 4.78 is 31.8. The average Bonchev–Trinajstić information content (AvgIpc) is 3.24. The summed E-state index contributed by atoms with van der Waals surface area (Å²) in [6.07, 6.45) is 12.5. The minimum absolute atomic E-state index is 0.233. The van der Waals surface area contributed by atoms with Crippen molar-refractivity contribution in [2.75, 3.05) is 0 Å². The van der Waals surface area contributed by atoms with Crippen LogP contribution in [0.4, 0.5) is 0 Å². The molecule has 2 aliphatic carbocycles. The van der Waals surface area contributed by atoms with Crippen LogP contribution < -0.4 is 9.88 Å². The Morgan fingerprint density at radius 3 is 2.71 bits per heavy atom. The first-order valence-corrected chi connectivity index (χ1v) is 12.4. The highest BCUT2D eigenvalue weighted by molar-refractivity contribution is 7.90. The Balaban J connectivity index is 1.66. The highest BCUT2D eigenvalue weighted by Gasteiger charge is 2.22. The van der Waals surface area contributed by atoms with Crippen LogP contribution in [0.25, 0.3) is 22.9 Å². The zero-order valence-corrected chi connectivity index (χ0v) is 18.3. The molecular formula is C24H20N2O3S2. The molecule has 156 valence electrons. The van der Waals surface area contributed by atoms with Gasteiger partial charge in [-0.05, 0) is 42.5 Å². The van der Waals surface area contributed by atoms with Gasteiger partial charge in [0.2, 0.25) is 0 Å². The van der Waals surface area contributed by atoms with Crippen molar-refractivity contribution >= 4 is 50.1 Å². The Hall–Kier alpha value is -3.03. The van der Waals surface area contributed by atoms with Gasteiger partial charge in [-0.2, -0.15) is 8.42 Å². The Kier molecular flexibility index (Phi) is 5.29. The predicted octanol–water partition coefficient (Wildman–Crippen LogP) is 3.98. The van der Waals surface area contributed by atoms with Gasteiger partial charge in [-0.15, -0.1) is 11.3 Å². The van der Waals surface area contributed by atoms with Crippen LogP contribution in [0, 0.1) is 0 Å². The maximum absolute atomic E-state index is 12.7. The normalized spacial score (nSPS) is 16.3. The molecule has 2 aromatic carbocycles. The van der Waals surface area contributed by atoms with E-state index in [2.05, 4.69) is 17.3 Å². The first-order chi connectivity index (χ1) is 15.1. The van der Waals surface area contributed by atoms with E-state index in [1.165, 1.54) is 11.3 Å². The first kappa shape index (κ1) is 19.9. The van der Waals surface area contributed by atoms with Gasteiger partial charge >= 0.3 is 10.1 Å². The van der Waals surface area contributed by atoms with Gasteiger partial charge in [0.1, 0.15) is 10.7 Å². The van der Waals surface area contributed by atoms with E-state index in [9.17, 15) is 8.42 Å². The number of aromatic nitrogens is 1. The van der Waals surface area contributed by atoms with Gasteiger partial charge in [0, 0.05) is 5.56 Å². The van der Waals surface area contributed by atoms with Crippen molar-refractivity contribution in [3.05, 3.63) is 86.1 Å². The van der Waals surface area contributed by atoms with Gasteiger partial charge < -0.3 is 0 Å². The highest BCUT2D eigenvalue weighted by atomic mass is 32.2. The van der Waals surface area contributed by atoms with Gasteiger partial charge in [-0.3, -0.25) is 4.28 Å². The molecule has 2 aliphatic rings. The number of benzene rings is 2. The molecule has 0 N–H and O–H groups in total. The van der Waals surface area contributed by atoms with Gasteiger partial charge in [-0.1, -0.05) is 71.9 Å². The summed E-state index contributed by atoms with van der Waals surface area (Å²) in [6, 6.07) is 13.8. The number of rotatable bonds is 5. The highest BCUT2D eigenvalue weighted by Crippen LogP contribution is 2.24. The molecular weight excluding hydrogens is 428 g/mol. The maximum Gasteiger partial charge on any atom is 0.354 e. The summed E-state index contributed by atoms with van der Waals surface area (Å²) in [5.41, 5.74) is 1.21. The smallest absolute Gasteiger partial charge is 0.264 e. The number of nitrogens with zero attached hydrogens (tertiary/aromatic N) is 2. The number of hydrogen-bond donors (Lipinski definition) is 0. The van der Waals surface area contributed by atoms with Gasteiger partial charge in [0.15, 0.2) is 0 Å². The maximum atomic E-state index is 12.7. The Morgan fingerprint density at radius 1 is 1.03 bits per heavy atom. The average molecular weight is 449 g/mol. The van der Waals surface area contributed by atoms with Crippen LogP contribution in [-0.4, -0.2) is 19.1 Å². The van der Waals surface area contributed by atoms with Crippen molar-refractivity contribution in [2.24, 2.45) is 5.16 Å². The van der Waals surface area contributed by atoms with E-state index in [0.29, 0.717) is 23.6 Å². The molecule has 0 fully saturated rings. The fourth-order valence-electron chi connectivity index (χ4n) is 3.73. The minimum atomic E-state index is -3.97. The third-order valence-electron chi connectivity index (χ3n) is 5.29. The number of allylic oxidation sites excluding steroid dienone is 4. The first-order valence-electron chi connectivity index (χ1n) is 10.1. The second kappa shape index (κ2) is 8.24. The van der Waals surface area contributed by atoms with E-state index in [1.807, 2.05) is 48.5 Å². The van der Waals surface area contributed by atoms with E-state index in [1.54, 1.807) is 12.2 Å². The Labute approximate surface area is 184 Å². The molecule has 0 unspecified atom stereocenters. The topological polar surface area (TPSA) is 68.6 Å². The van der Waals surface area contributed by atoms with Gasteiger partial charge in [-0.25, -0.2) is 4.98 Å². The van der Waals surface area contributed by atoms with E-state index < -0.39 is 10.1 Å². The van der Waals surface area contributed by atoms with Crippen LogP contribution in [0.5, 0.6) is 0 Å². The van der Waals surface area contributed by atoms with Crippen LogP contribution in [-0.2, 0) is 14.4 Å². The third-order valence-corrected chi connectivity index (χ3v) is 7.61. The summed E-state index contributed by atoms with van der Waals surface area (Å²) in [5.74, 6) is 0. The van der Waals surface area contributed by atoms with Crippen LogP contribution in [0.2, 0.25) is 0 Å². The molecule has 0 atom stereocenters. The molecule has 5 nitrogen and oxygen atoms in total. The SMILES string of the molecule is O=S(=O)(O/N=C(/c1nc2c(s1)=CCCC=2)c1cccc2ccccc12)C1=CC=CCC1. The summed E-state index contributed by atoms with van der Waals surface area (Å²) in [6.45, 7) is 0. The van der Waals surface area contributed by atoms with Gasteiger partial charge in [0.25, 0.3) is 0 Å². The Morgan fingerprint density at radius 2 is 1.87 bits per heavy atom. The lowest BCUT2D eigenvalue weighted by Crippen LogP contribution is -2.23. The van der Waals surface area contributed by atoms with E-state index >= 15 is 0 Å². The number of thiazole rings is 1. The van der Waals surface area contributed by atoms with Gasteiger partial charge in [0.05, 0.1) is 14.8 Å². The molecule has 1 aromatic heterocycles. The van der Waals surface area contributed by atoms with Crippen molar-refractivity contribution in [2.45, 2.75) is 25.7 Å². The number of oxime groups is 1. The lowest BCUT2D eigenvalue weighted by molar-refractivity contribution is 0.343. The molecule has 5 rings (SSSR count). The fraction of sp³-hybridized carbons (Fsp3) is 0.167. The summed E-state index contributed by atoms with van der Waals surface area (Å²) in [4.78, 5) is 4.98. The number of fused-ring (bicyclic) bond motifs is 2. The fourth-order valence-corrected chi connectivity index (χ4v) is 5.64. The lowest BCUT2D eigenvalue weighted by atomic mass is 10.0. The molecule has 31 heavy (non-hydrogen) atoms. The predicted molar refractivity (Wildman–Crippen MR) is 126 cm³/mol. The second-order valence-corrected chi connectivity index (χ2v) is 9.96. The van der Waals surface area contributed by atoms with Crippen LogP contribution >= 0.6 is 11.3 Å². The zero-order chi connectivity index (χ0) is 21.3. The molecule has 0 saturated heterocycles. The summed E-state index contributed by atoms with van der Waals surface area (Å²) in [5, 5.41) is 7.75. The molecule has 1 heterocycles. The zero-order valence-electron chi connectivity index (χ0n) is 16.7. The van der Waals surface area contributed by atoms with E-state index in [-0.39, 0.29) is 4.91 Å². The number of hydrogen-bond acceptors (Lipinski definition) is 6. The molecule has 7 heteroatoms. The molecule has 0 amide bonds. The minimum Gasteiger partial charge on any atom is -0.264 e. The van der Waals surface area contributed by atoms with Crippen LogP contribution in [0.3, 0.4) is 0 Å². The second-order valence-electron chi connectivity index (χ2n) is 7.35. The summed E-state index contributed by atoms with van der Waals surface area (Å²) >= 11 is 1.50. The van der Waals surface area contributed by atoms with Crippen LogP contribution in [0.15, 0.2) is 70.8 Å². The standard InChI is InChI=1S/C24H20N2O3S2/c27-31(28,18-11-2-1-3-12-18)29-26-23(24-25-21-15-6-7-16-22(21)30-24)20-14-8-10-17-9-4-5-13-19(17)20/h1-2,4-5,8-11,13-16H,3,6-7,12H2/b26-23+. The van der Waals surface area contributed by atoms with Crippen molar-refractivity contribution in [1.82, 2.24) is 4.98 Å². The molecule has 3 aromatic rings. The van der Waals surface area contributed by atoms with E-state index in [0.717, 1.165) is 39.1 Å². The molecule has 0 saturated carbocycles. The monoisotopic (exact) mass is 448 g/mol. The quantitative estimate of drug-likeness (QED) is 0.437. The van der Waals surface area contributed by atoms with E-state index in [4.69, 9.17) is 9.27 Å². The summed E-state index contributed by atoms with van der Waals surface area (Å²) in [7, 11) is -3.97. The third kappa shape index (κ3) is 3.98.